The van der Waals surface area contributed by atoms with Gasteiger partial charge in [-0.25, -0.2) is 0 Å². The minimum absolute atomic E-state index is 0.271. The van der Waals surface area contributed by atoms with Crippen LogP contribution in [-0.2, 0) is 0 Å². The fraction of sp³-hybridized carbons (Fsp3) is 0.357. The summed E-state index contributed by atoms with van der Waals surface area (Å²) < 4.78 is 6.01. The van der Waals surface area contributed by atoms with Crippen molar-refractivity contribution in [1.29, 1.82) is 0 Å². The molecule has 1 N–H and O–H groups in total. The fourth-order valence-electron chi connectivity index (χ4n) is 2.33. The van der Waals surface area contributed by atoms with E-state index < -0.39 is 0 Å². The normalized spacial score (nSPS) is 16.9. The zero-order chi connectivity index (χ0) is 12.4. The highest BCUT2D eigenvalue weighted by molar-refractivity contribution is 6.35. The Morgan fingerprint density at radius 2 is 2.06 bits per heavy atom. The van der Waals surface area contributed by atoms with Gasteiger partial charge in [0.2, 0.25) is 0 Å². The Hall–Kier alpha value is -1.55. The molecule has 2 radical (unpaired) electrons. The van der Waals surface area contributed by atoms with Crippen molar-refractivity contribution in [2.75, 3.05) is 13.1 Å². The van der Waals surface area contributed by atoms with E-state index in [1.807, 2.05) is 24.4 Å². The molecule has 18 heavy (non-hydrogen) atoms. The van der Waals surface area contributed by atoms with Crippen LogP contribution in [0.25, 0.3) is 10.8 Å². The SMILES string of the molecule is [B]c1cc2cnccc2cc1OC1CCNCC1. The maximum atomic E-state index is 6.04. The first-order valence-corrected chi connectivity index (χ1v) is 6.33. The summed E-state index contributed by atoms with van der Waals surface area (Å²) in [6.45, 7) is 2.03. The average molecular weight is 238 g/mol. The number of fused-ring (bicyclic) bond motifs is 1. The Labute approximate surface area is 108 Å². The molecule has 1 aromatic carbocycles. The van der Waals surface area contributed by atoms with Gasteiger partial charge in [0, 0.05) is 12.4 Å². The smallest absolute Gasteiger partial charge is 0.119 e. The molecule has 1 saturated heterocycles. The molecule has 2 heterocycles. The van der Waals surface area contributed by atoms with Crippen LogP contribution in [0.3, 0.4) is 0 Å². The van der Waals surface area contributed by atoms with Gasteiger partial charge in [-0.3, -0.25) is 4.98 Å². The number of aromatic nitrogens is 1. The van der Waals surface area contributed by atoms with Crippen LogP contribution < -0.4 is 15.5 Å². The number of hydrogen-bond donors (Lipinski definition) is 1. The summed E-state index contributed by atoms with van der Waals surface area (Å²) in [5.41, 5.74) is 0.689. The molecule has 3 rings (SSSR count). The van der Waals surface area contributed by atoms with Crippen molar-refractivity contribution in [3.8, 4) is 5.75 Å². The van der Waals surface area contributed by atoms with Crippen LogP contribution in [0.15, 0.2) is 30.6 Å². The monoisotopic (exact) mass is 238 g/mol. The number of nitrogens with one attached hydrogen (secondary N) is 1. The molecule has 1 aromatic heterocycles. The zero-order valence-electron chi connectivity index (χ0n) is 10.2. The van der Waals surface area contributed by atoms with Crippen LogP contribution in [0.1, 0.15) is 12.8 Å². The van der Waals surface area contributed by atoms with Crippen molar-refractivity contribution < 1.29 is 4.74 Å². The standard InChI is InChI=1S/C14H15BN2O/c15-13-7-11-9-17-4-1-10(11)8-14(13)18-12-2-5-16-6-3-12/h1,4,7-9,12,16H,2-3,5-6H2. The molecule has 1 fully saturated rings. The van der Waals surface area contributed by atoms with E-state index in [1.165, 1.54) is 0 Å². The summed E-state index contributed by atoms with van der Waals surface area (Å²) in [7, 11) is 6.04. The van der Waals surface area contributed by atoms with E-state index in [4.69, 9.17) is 12.6 Å². The number of hydrogen-bond acceptors (Lipinski definition) is 3. The van der Waals surface area contributed by atoms with Crippen LogP contribution in [-0.4, -0.2) is 32.0 Å². The molecular formula is C14H15BN2O. The van der Waals surface area contributed by atoms with E-state index in [0.717, 1.165) is 42.5 Å². The molecule has 1 aliphatic rings. The van der Waals surface area contributed by atoms with Gasteiger partial charge in [0.1, 0.15) is 19.7 Å². The third-order valence-corrected chi connectivity index (χ3v) is 3.35. The van der Waals surface area contributed by atoms with Crippen LogP contribution >= 0.6 is 0 Å². The highest BCUT2D eigenvalue weighted by Crippen LogP contribution is 2.20. The molecule has 0 amide bonds. The Morgan fingerprint density at radius 1 is 1.22 bits per heavy atom. The summed E-state index contributed by atoms with van der Waals surface area (Å²) in [5.74, 6) is 0.792. The second-order valence-corrected chi connectivity index (χ2v) is 4.68. The third-order valence-electron chi connectivity index (χ3n) is 3.35. The van der Waals surface area contributed by atoms with Gasteiger partial charge in [-0.2, -0.15) is 0 Å². The van der Waals surface area contributed by atoms with E-state index in [1.54, 1.807) is 6.20 Å². The average Bonchev–Trinajstić information content (AvgIpc) is 2.41. The summed E-state index contributed by atoms with van der Waals surface area (Å²) in [6, 6.07) is 5.91. The summed E-state index contributed by atoms with van der Waals surface area (Å²) in [4.78, 5) is 4.09. The van der Waals surface area contributed by atoms with Gasteiger partial charge in [-0.05, 0) is 48.8 Å². The molecule has 0 unspecified atom stereocenters. The highest BCUT2D eigenvalue weighted by Gasteiger charge is 2.15. The summed E-state index contributed by atoms with van der Waals surface area (Å²) in [5, 5.41) is 5.49. The number of rotatable bonds is 2. The van der Waals surface area contributed by atoms with Crippen molar-refractivity contribution in [3.63, 3.8) is 0 Å². The largest absolute Gasteiger partial charge is 0.491 e. The van der Waals surface area contributed by atoms with Crippen molar-refractivity contribution >= 4 is 24.1 Å². The Kier molecular flexibility index (Phi) is 3.20. The number of ether oxygens (including phenoxy) is 1. The predicted octanol–water partition coefficient (Wildman–Crippen LogP) is 1.16. The molecule has 0 saturated carbocycles. The first-order chi connectivity index (χ1) is 8.83. The van der Waals surface area contributed by atoms with Gasteiger partial charge in [0.25, 0.3) is 0 Å². The first-order valence-electron chi connectivity index (χ1n) is 6.33. The number of nitrogens with zero attached hydrogens (tertiary/aromatic N) is 1. The Morgan fingerprint density at radius 3 is 2.89 bits per heavy atom. The number of benzene rings is 1. The third kappa shape index (κ3) is 2.34. The van der Waals surface area contributed by atoms with E-state index in [0.29, 0.717) is 5.46 Å². The molecule has 2 aromatic rings. The maximum Gasteiger partial charge on any atom is 0.119 e. The van der Waals surface area contributed by atoms with Crippen molar-refractivity contribution in [2.45, 2.75) is 18.9 Å². The molecule has 0 spiro atoms. The van der Waals surface area contributed by atoms with Crippen molar-refractivity contribution in [3.05, 3.63) is 30.6 Å². The topological polar surface area (TPSA) is 34.1 Å². The first kappa shape index (κ1) is 11.5. The van der Waals surface area contributed by atoms with Crippen LogP contribution in [0.4, 0.5) is 0 Å². The summed E-state index contributed by atoms with van der Waals surface area (Å²) >= 11 is 0. The quantitative estimate of drug-likeness (QED) is 0.797. The molecule has 0 bridgehead atoms. The van der Waals surface area contributed by atoms with Gasteiger partial charge in [0.15, 0.2) is 0 Å². The lowest BCUT2D eigenvalue weighted by atomic mass is 9.92. The van der Waals surface area contributed by atoms with E-state index in [-0.39, 0.29) is 6.10 Å². The molecule has 1 aliphatic heterocycles. The molecule has 0 atom stereocenters. The van der Waals surface area contributed by atoms with Gasteiger partial charge in [-0.1, -0.05) is 11.5 Å². The maximum absolute atomic E-state index is 6.04. The van der Waals surface area contributed by atoms with Crippen LogP contribution in [0.5, 0.6) is 5.75 Å². The van der Waals surface area contributed by atoms with Gasteiger partial charge in [0.05, 0.1) is 0 Å². The van der Waals surface area contributed by atoms with Crippen molar-refractivity contribution in [1.82, 2.24) is 10.3 Å². The second-order valence-electron chi connectivity index (χ2n) is 4.68. The molecular weight excluding hydrogens is 223 g/mol. The van der Waals surface area contributed by atoms with E-state index in [9.17, 15) is 0 Å². The lowest BCUT2D eigenvalue weighted by Crippen LogP contribution is -2.35. The molecule has 3 nitrogen and oxygen atoms in total. The van der Waals surface area contributed by atoms with Crippen LogP contribution in [0.2, 0.25) is 0 Å². The van der Waals surface area contributed by atoms with E-state index in [2.05, 4.69) is 10.3 Å². The Bertz CT molecular complexity index is 552. The van der Waals surface area contributed by atoms with Crippen molar-refractivity contribution in [2.24, 2.45) is 0 Å². The van der Waals surface area contributed by atoms with Gasteiger partial charge in [-0.15, -0.1) is 0 Å². The Balaban J connectivity index is 1.88. The zero-order valence-corrected chi connectivity index (χ0v) is 10.2. The van der Waals surface area contributed by atoms with Gasteiger partial charge >= 0.3 is 0 Å². The minimum atomic E-state index is 0.271. The number of pyridine rings is 1. The molecule has 4 heteroatoms. The van der Waals surface area contributed by atoms with E-state index >= 15 is 0 Å². The minimum Gasteiger partial charge on any atom is -0.491 e. The molecule has 0 aliphatic carbocycles. The summed E-state index contributed by atoms with van der Waals surface area (Å²) in [6.07, 6.45) is 5.95. The number of piperidine rings is 1. The molecule has 90 valence electrons. The van der Waals surface area contributed by atoms with Gasteiger partial charge < -0.3 is 10.1 Å². The second kappa shape index (κ2) is 4.98. The lowest BCUT2D eigenvalue weighted by Gasteiger charge is -2.25. The van der Waals surface area contributed by atoms with Crippen LogP contribution in [0, 0.1) is 0 Å². The predicted molar refractivity (Wildman–Crippen MR) is 73.7 cm³/mol. The highest BCUT2D eigenvalue weighted by atomic mass is 16.5. The lowest BCUT2D eigenvalue weighted by molar-refractivity contribution is 0.164. The fourth-order valence-corrected chi connectivity index (χ4v) is 2.33.